The predicted octanol–water partition coefficient (Wildman–Crippen LogP) is 2.97. The molecule has 3 N–H and O–H groups in total. The van der Waals surface area contributed by atoms with Crippen molar-refractivity contribution in [1.82, 2.24) is 5.32 Å². The number of carbonyl (C=O) groups excluding carboxylic acids is 1. The van der Waals surface area contributed by atoms with E-state index in [1.807, 2.05) is 25.1 Å². The van der Waals surface area contributed by atoms with Crippen molar-refractivity contribution in [2.45, 2.75) is 45.1 Å². The van der Waals surface area contributed by atoms with Crippen LogP contribution in [0.25, 0.3) is 0 Å². The minimum Gasteiger partial charge on any atom is -0.486 e. The molecule has 0 fully saturated rings. The van der Waals surface area contributed by atoms with Crippen LogP contribution in [-0.2, 0) is 4.79 Å². The van der Waals surface area contributed by atoms with E-state index in [0.29, 0.717) is 19.6 Å². The van der Waals surface area contributed by atoms with Crippen LogP contribution in [0.1, 0.15) is 50.6 Å². The summed E-state index contributed by atoms with van der Waals surface area (Å²) in [6.45, 7) is 3.87. The summed E-state index contributed by atoms with van der Waals surface area (Å²) in [5.41, 5.74) is 6.48. The van der Waals surface area contributed by atoms with Gasteiger partial charge in [-0.05, 0) is 44.0 Å². The molecule has 5 nitrogen and oxygen atoms in total. The van der Waals surface area contributed by atoms with E-state index in [-0.39, 0.29) is 24.4 Å². The van der Waals surface area contributed by atoms with Crippen molar-refractivity contribution in [1.29, 1.82) is 0 Å². The van der Waals surface area contributed by atoms with E-state index in [0.717, 1.165) is 49.3 Å². The molecule has 2 rings (SSSR count). The fraction of sp³-hybridized carbons (Fsp3) is 0.588. The zero-order valence-corrected chi connectivity index (χ0v) is 14.5. The molecule has 0 aromatic heterocycles. The van der Waals surface area contributed by atoms with Gasteiger partial charge in [-0.3, -0.25) is 4.79 Å². The molecule has 1 aromatic rings. The molecule has 0 saturated carbocycles. The SMILES string of the molecule is CC(NC(=O)CCCCCCN)c1ccc2c(c1)OCCO2.Cl. The van der Waals surface area contributed by atoms with Gasteiger partial charge in [0.2, 0.25) is 5.91 Å². The minimum atomic E-state index is -0.0348. The van der Waals surface area contributed by atoms with Gasteiger partial charge in [-0.1, -0.05) is 18.9 Å². The summed E-state index contributed by atoms with van der Waals surface area (Å²) in [4.78, 5) is 12.0. The number of carbonyl (C=O) groups is 1. The number of hydrogen-bond donors (Lipinski definition) is 2. The molecule has 0 radical (unpaired) electrons. The predicted molar refractivity (Wildman–Crippen MR) is 93.4 cm³/mol. The van der Waals surface area contributed by atoms with E-state index in [1.54, 1.807) is 0 Å². The second kappa shape index (κ2) is 10.3. The van der Waals surface area contributed by atoms with Gasteiger partial charge >= 0.3 is 0 Å². The van der Waals surface area contributed by atoms with E-state index in [4.69, 9.17) is 15.2 Å². The Balaban J connectivity index is 0.00000264. The summed E-state index contributed by atoms with van der Waals surface area (Å²) >= 11 is 0. The van der Waals surface area contributed by atoms with Crippen molar-refractivity contribution < 1.29 is 14.3 Å². The quantitative estimate of drug-likeness (QED) is 0.712. The van der Waals surface area contributed by atoms with Gasteiger partial charge in [-0.2, -0.15) is 0 Å². The number of unbranched alkanes of at least 4 members (excludes halogenated alkanes) is 3. The monoisotopic (exact) mass is 342 g/mol. The third-order valence-corrected chi connectivity index (χ3v) is 3.80. The van der Waals surface area contributed by atoms with Gasteiger partial charge in [0.05, 0.1) is 6.04 Å². The third-order valence-electron chi connectivity index (χ3n) is 3.80. The van der Waals surface area contributed by atoms with E-state index in [1.165, 1.54) is 0 Å². The number of nitrogens with two attached hydrogens (primary N) is 1. The maximum Gasteiger partial charge on any atom is 0.220 e. The second-order valence-electron chi connectivity index (χ2n) is 5.65. The smallest absolute Gasteiger partial charge is 0.220 e. The molecule has 1 amide bonds. The van der Waals surface area contributed by atoms with Crippen LogP contribution in [0.5, 0.6) is 11.5 Å². The van der Waals surface area contributed by atoms with Crippen molar-refractivity contribution in [3.63, 3.8) is 0 Å². The molecule has 0 aliphatic carbocycles. The lowest BCUT2D eigenvalue weighted by atomic mass is 10.1. The first-order valence-corrected chi connectivity index (χ1v) is 8.09. The van der Waals surface area contributed by atoms with Crippen molar-refractivity contribution in [2.75, 3.05) is 19.8 Å². The summed E-state index contributed by atoms with van der Waals surface area (Å²) in [6.07, 6.45) is 4.68. The topological polar surface area (TPSA) is 73.6 Å². The van der Waals surface area contributed by atoms with E-state index >= 15 is 0 Å². The number of fused-ring (bicyclic) bond motifs is 1. The Hall–Kier alpha value is -1.46. The average molecular weight is 343 g/mol. The van der Waals surface area contributed by atoms with Crippen LogP contribution in [0.4, 0.5) is 0 Å². The van der Waals surface area contributed by atoms with E-state index in [2.05, 4.69) is 5.32 Å². The van der Waals surface area contributed by atoms with Crippen molar-refractivity contribution >= 4 is 18.3 Å². The Kier molecular flexibility index (Phi) is 8.81. The molecule has 130 valence electrons. The van der Waals surface area contributed by atoms with Crippen LogP contribution in [-0.4, -0.2) is 25.7 Å². The maximum absolute atomic E-state index is 12.0. The number of rotatable bonds is 8. The van der Waals surface area contributed by atoms with Gasteiger partial charge < -0.3 is 20.5 Å². The Bertz CT molecular complexity index is 497. The molecule has 23 heavy (non-hydrogen) atoms. The maximum atomic E-state index is 12.0. The molecular weight excluding hydrogens is 316 g/mol. The molecule has 6 heteroatoms. The number of ether oxygens (including phenoxy) is 2. The third kappa shape index (κ3) is 6.28. The Morgan fingerprint density at radius 1 is 1.17 bits per heavy atom. The standard InChI is InChI=1S/C17H26N2O3.ClH/c1-13(19-17(20)6-4-2-3-5-9-18)14-7-8-15-16(12-14)22-11-10-21-15;/h7-8,12-13H,2-6,9-11,18H2,1H3,(H,19,20);1H. The van der Waals surface area contributed by atoms with Crippen molar-refractivity contribution in [3.05, 3.63) is 23.8 Å². The number of nitrogens with one attached hydrogen (secondary N) is 1. The molecule has 0 bridgehead atoms. The van der Waals surface area contributed by atoms with Crippen molar-refractivity contribution in [2.24, 2.45) is 5.73 Å². The number of amides is 1. The first-order valence-electron chi connectivity index (χ1n) is 8.09. The van der Waals surface area contributed by atoms with Gasteiger partial charge in [-0.25, -0.2) is 0 Å². The van der Waals surface area contributed by atoms with Crippen LogP contribution in [0, 0.1) is 0 Å². The number of benzene rings is 1. The zero-order valence-electron chi connectivity index (χ0n) is 13.7. The normalized spacial score (nSPS) is 13.8. The molecule has 1 heterocycles. The van der Waals surface area contributed by atoms with Gasteiger partial charge in [0.25, 0.3) is 0 Å². The minimum absolute atomic E-state index is 0. The highest BCUT2D eigenvalue weighted by atomic mass is 35.5. The fourth-order valence-electron chi connectivity index (χ4n) is 2.51. The molecule has 1 aliphatic rings. The highest BCUT2D eigenvalue weighted by molar-refractivity contribution is 5.85. The second-order valence-corrected chi connectivity index (χ2v) is 5.65. The summed E-state index contributed by atoms with van der Waals surface area (Å²) < 4.78 is 11.1. The van der Waals surface area contributed by atoms with Gasteiger partial charge in [0, 0.05) is 6.42 Å². The number of hydrogen-bond acceptors (Lipinski definition) is 4. The van der Waals surface area contributed by atoms with Gasteiger partial charge in [0.15, 0.2) is 11.5 Å². The molecule has 1 unspecified atom stereocenters. The molecular formula is C17H27ClN2O3. The van der Waals surface area contributed by atoms with Crippen LogP contribution < -0.4 is 20.5 Å². The number of halogens is 1. The molecule has 1 aromatic carbocycles. The lowest BCUT2D eigenvalue weighted by molar-refractivity contribution is -0.121. The first-order chi connectivity index (χ1) is 10.7. The highest BCUT2D eigenvalue weighted by Gasteiger charge is 2.15. The summed E-state index contributed by atoms with van der Waals surface area (Å²) in [7, 11) is 0. The Morgan fingerprint density at radius 2 is 1.87 bits per heavy atom. The Morgan fingerprint density at radius 3 is 2.61 bits per heavy atom. The molecule has 0 saturated heterocycles. The van der Waals surface area contributed by atoms with Crippen LogP contribution in [0.15, 0.2) is 18.2 Å². The summed E-state index contributed by atoms with van der Waals surface area (Å²) in [5, 5.41) is 3.03. The van der Waals surface area contributed by atoms with Gasteiger partial charge in [0.1, 0.15) is 13.2 Å². The van der Waals surface area contributed by atoms with Crippen LogP contribution in [0.2, 0.25) is 0 Å². The lowest BCUT2D eigenvalue weighted by Gasteiger charge is -2.21. The average Bonchev–Trinajstić information content (AvgIpc) is 2.54. The van der Waals surface area contributed by atoms with Crippen molar-refractivity contribution in [3.8, 4) is 11.5 Å². The van der Waals surface area contributed by atoms with Gasteiger partial charge in [-0.15, -0.1) is 12.4 Å². The molecule has 1 aliphatic heterocycles. The largest absolute Gasteiger partial charge is 0.486 e. The summed E-state index contributed by atoms with van der Waals surface area (Å²) in [5.74, 6) is 1.62. The summed E-state index contributed by atoms with van der Waals surface area (Å²) in [6, 6.07) is 5.78. The molecule has 0 spiro atoms. The van der Waals surface area contributed by atoms with E-state index in [9.17, 15) is 4.79 Å². The molecule has 1 atom stereocenters. The first kappa shape index (κ1) is 19.6. The lowest BCUT2D eigenvalue weighted by Crippen LogP contribution is -2.26. The fourth-order valence-corrected chi connectivity index (χ4v) is 2.51. The highest BCUT2D eigenvalue weighted by Crippen LogP contribution is 2.32. The van der Waals surface area contributed by atoms with E-state index < -0.39 is 0 Å². The Labute approximate surface area is 144 Å². The van der Waals surface area contributed by atoms with Crippen LogP contribution in [0.3, 0.4) is 0 Å². The van der Waals surface area contributed by atoms with Crippen LogP contribution >= 0.6 is 12.4 Å². The zero-order chi connectivity index (χ0) is 15.8.